The molecule has 0 spiro atoms. The molecule has 1 atom stereocenters. The average molecular weight is 392 g/mol. The number of carbonyl (C=O) groups is 1. The van der Waals surface area contributed by atoms with Crippen LogP contribution >= 0.6 is 23.2 Å². The minimum absolute atomic E-state index is 0.134. The minimum Gasteiger partial charge on any atom is -0.384 e. The lowest BCUT2D eigenvalue weighted by Gasteiger charge is -2.22. The first-order valence-corrected chi connectivity index (χ1v) is 8.85. The summed E-state index contributed by atoms with van der Waals surface area (Å²) in [6.45, 7) is 3.43. The lowest BCUT2D eigenvalue weighted by Crippen LogP contribution is -2.37. The van der Waals surface area contributed by atoms with Crippen molar-refractivity contribution in [1.29, 1.82) is 0 Å². The fourth-order valence-electron chi connectivity index (χ4n) is 2.90. The Kier molecular flexibility index (Phi) is 5.12. The van der Waals surface area contributed by atoms with Crippen LogP contribution in [0.15, 0.2) is 47.6 Å². The highest BCUT2D eigenvalue weighted by Gasteiger charge is 2.37. The Labute approximate surface area is 162 Å². The van der Waals surface area contributed by atoms with Crippen molar-refractivity contribution in [2.75, 3.05) is 12.1 Å². The van der Waals surface area contributed by atoms with E-state index < -0.39 is 5.60 Å². The lowest BCUT2D eigenvalue weighted by molar-refractivity contribution is -0.119. The zero-order chi connectivity index (χ0) is 18.9. The summed E-state index contributed by atoms with van der Waals surface area (Å²) in [4.78, 5) is 17.0. The molecule has 0 aliphatic carbocycles. The monoisotopic (exact) mass is 391 g/mol. The molecule has 5 nitrogen and oxygen atoms in total. The topological polar surface area (TPSA) is 53.9 Å². The van der Waals surface area contributed by atoms with Gasteiger partial charge in [-0.2, -0.15) is 0 Å². The van der Waals surface area contributed by atoms with Gasteiger partial charge in [0.25, 0.3) is 0 Å². The summed E-state index contributed by atoms with van der Waals surface area (Å²) < 4.78 is 0. The molecule has 1 aliphatic heterocycles. The maximum absolute atomic E-state index is 11.2. The van der Waals surface area contributed by atoms with Crippen LogP contribution in [-0.2, 0) is 15.2 Å². The number of carbonyl (C=O) groups excluding carboxylic acids is 1. The number of nitrogens with zero attached hydrogens (tertiary/aromatic N) is 2. The first-order chi connectivity index (χ1) is 12.3. The van der Waals surface area contributed by atoms with Crippen molar-refractivity contribution < 1.29 is 9.63 Å². The normalized spacial score (nSPS) is 18.9. The fourth-order valence-corrected chi connectivity index (χ4v) is 3.43. The smallest absolute Gasteiger partial charge is 0.235 e. The Morgan fingerprint density at radius 1 is 1.23 bits per heavy atom. The second-order valence-electron chi connectivity index (χ2n) is 6.47. The number of amides is 1. The third-order valence-electron chi connectivity index (χ3n) is 4.23. The van der Waals surface area contributed by atoms with Gasteiger partial charge in [-0.1, -0.05) is 40.5 Å². The predicted octanol–water partition coefficient (Wildman–Crippen LogP) is 4.52. The van der Waals surface area contributed by atoms with Crippen LogP contribution in [0.1, 0.15) is 31.4 Å². The summed E-state index contributed by atoms with van der Waals surface area (Å²) in [6, 6.07) is 13.1. The summed E-state index contributed by atoms with van der Waals surface area (Å²) in [5, 5.41) is 7.07. The molecule has 1 unspecified atom stereocenters. The third kappa shape index (κ3) is 3.94. The van der Waals surface area contributed by atoms with Gasteiger partial charge in [0.05, 0.1) is 11.4 Å². The van der Waals surface area contributed by atoms with Crippen molar-refractivity contribution >= 4 is 40.5 Å². The molecule has 0 fully saturated rings. The Bertz CT molecular complexity index is 865. The van der Waals surface area contributed by atoms with Gasteiger partial charge in [0.2, 0.25) is 5.91 Å². The van der Waals surface area contributed by atoms with Gasteiger partial charge in [-0.3, -0.25) is 15.2 Å². The molecule has 7 heteroatoms. The molecular formula is C19H19Cl2N3O2. The molecule has 136 valence electrons. The maximum Gasteiger partial charge on any atom is 0.235 e. The van der Waals surface area contributed by atoms with Gasteiger partial charge in [0.15, 0.2) is 5.60 Å². The Balaban J connectivity index is 1.83. The molecule has 26 heavy (non-hydrogen) atoms. The minimum atomic E-state index is -0.636. The molecule has 0 bridgehead atoms. The highest BCUT2D eigenvalue weighted by molar-refractivity contribution is 6.34. The largest absolute Gasteiger partial charge is 0.384 e. The summed E-state index contributed by atoms with van der Waals surface area (Å²) in [5.41, 5.74) is 5.56. The standard InChI is InChI=1S/C19H19Cl2N3O2/c1-12(25)22-24(3)17-6-4-5-13(7-17)18-11-19(2,26-23-18)14-8-15(20)10-16(21)9-14/h4-10H,11H2,1-3H3,(H,22,25). The molecule has 1 N–H and O–H groups in total. The number of nitrogens with one attached hydrogen (secondary N) is 1. The second-order valence-corrected chi connectivity index (χ2v) is 7.35. The number of hydrogen-bond donors (Lipinski definition) is 1. The molecule has 3 rings (SSSR count). The highest BCUT2D eigenvalue weighted by Crippen LogP contribution is 2.38. The molecule has 1 amide bonds. The van der Waals surface area contributed by atoms with Crippen molar-refractivity contribution in [2.45, 2.75) is 25.9 Å². The summed E-state index contributed by atoms with van der Waals surface area (Å²) in [6.07, 6.45) is 0.580. The van der Waals surface area contributed by atoms with Crippen LogP contribution in [0.4, 0.5) is 5.69 Å². The Morgan fingerprint density at radius 3 is 2.58 bits per heavy atom. The fraction of sp³-hybridized carbons (Fsp3) is 0.263. The van der Waals surface area contributed by atoms with Gasteiger partial charge in [-0.05, 0) is 37.3 Å². The van der Waals surface area contributed by atoms with Gasteiger partial charge < -0.3 is 4.84 Å². The first-order valence-electron chi connectivity index (χ1n) is 8.10. The van der Waals surface area contributed by atoms with Gasteiger partial charge in [-0.25, -0.2) is 0 Å². The molecule has 1 aliphatic rings. The maximum atomic E-state index is 11.2. The van der Waals surface area contributed by atoms with E-state index in [2.05, 4.69) is 10.6 Å². The first kappa shape index (κ1) is 18.5. The number of halogens is 2. The number of hydrogen-bond acceptors (Lipinski definition) is 4. The van der Waals surface area contributed by atoms with Crippen LogP contribution in [0.3, 0.4) is 0 Å². The Morgan fingerprint density at radius 2 is 1.92 bits per heavy atom. The number of anilines is 1. The number of hydrazine groups is 1. The van der Waals surface area contributed by atoms with Gasteiger partial charge in [0.1, 0.15) is 0 Å². The lowest BCUT2D eigenvalue weighted by atomic mass is 9.89. The second kappa shape index (κ2) is 7.17. The van der Waals surface area contributed by atoms with Gasteiger partial charge in [-0.15, -0.1) is 0 Å². The van der Waals surface area contributed by atoms with Gasteiger partial charge >= 0.3 is 0 Å². The van der Waals surface area contributed by atoms with E-state index in [1.807, 2.05) is 43.3 Å². The van der Waals surface area contributed by atoms with E-state index in [0.717, 1.165) is 22.5 Å². The van der Waals surface area contributed by atoms with Crippen molar-refractivity contribution in [1.82, 2.24) is 5.43 Å². The average Bonchev–Trinajstić information content (AvgIpc) is 2.97. The van der Waals surface area contributed by atoms with Crippen molar-refractivity contribution in [3.8, 4) is 0 Å². The van der Waals surface area contributed by atoms with Crippen LogP contribution in [0.5, 0.6) is 0 Å². The van der Waals surface area contributed by atoms with E-state index in [0.29, 0.717) is 16.5 Å². The molecule has 1 heterocycles. The van der Waals surface area contributed by atoms with Crippen LogP contribution in [0.25, 0.3) is 0 Å². The van der Waals surface area contributed by atoms with Crippen molar-refractivity contribution in [2.24, 2.45) is 5.16 Å². The molecule has 0 saturated carbocycles. The van der Waals surface area contributed by atoms with E-state index in [4.69, 9.17) is 28.0 Å². The number of rotatable bonds is 4. The highest BCUT2D eigenvalue weighted by atomic mass is 35.5. The number of oxime groups is 1. The molecule has 0 aromatic heterocycles. The molecular weight excluding hydrogens is 373 g/mol. The predicted molar refractivity (Wildman–Crippen MR) is 105 cm³/mol. The zero-order valence-electron chi connectivity index (χ0n) is 14.7. The SMILES string of the molecule is CC(=O)NN(C)c1cccc(C2=NOC(C)(c3cc(Cl)cc(Cl)c3)C2)c1. The molecule has 2 aromatic carbocycles. The van der Waals surface area contributed by atoms with E-state index in [1.165, 1.54) is 6.92 Å². The van der Waals surface area contributed by atoms with Crippen LogP contribution < -0.4 is 10.4 Å². The Hall–Kier alpha value is -2.24. The summed E-state index contributed by atoms with van der Waals surface area (Å²) in [7, 11) is 1.78. The molecule has 0 radical (unpaired) electrons. The zero-order valence-corrected chi connectivity index (χ0v) is 16.2. The van der Waals surface area contributed by atoms with Crippen LogP contribution in [0, 0.1) is 0 Å². The molecule has 2 aromatic rings. The quantitative estimate of drug-likeness (QED) is 0.779. The van der Waals surface area contributed by atoms with Crippen molar-refractivity contribution in [3.63, 3.8) is 0 Å². The third-order valence-corrected chi connectivity index (χ3v) is 4.66. The summed E-state index contributed by atoms with van der Waals surface area (Å²) >= 11 is 12.2. The van der Waals surface area contributed by atoms with Gasteiger partial charge in [0, 0.05) is 41.6 Å². The van der Waals surface area contributed by atoms with E-state index in [-0.39, 0.29) is 5.91 Å². The van der Waals surface area contributed by atoms with E-state index >= 15 is 0 Å². The number of benzene rings is 2. The van der Waals surface area contributed by atoms with Crippen molar-refractivity contribution in [3.05, 3.63) is 63.6 Å². The van der Waals surface area contributed by atoms with E-state index in [1.54, 1.807) is 18.1 Å². The molecule has 0 saturated heterocycles. The summed E-state index contributed by atoms with van der Waals surface area (Å²) in [5.74, 6) is -0.134. The van der Waals surface area contributed by atoms with Crippen LogP contribution in [0.2, 0.25) is 10.0 Å². The van der Waals surface area contributed by atoms with Crippen LogP contribution in [-0.4, -0.2) is 18.7 Å². The van der Waals surface area contributed by atoms with E-state index in [9.17, 15) is 4.79 Å².